The highest BCUT2D eigenvalue weighted by Gasteiger charge is 2.07. The van der Waals surface area contributed by atoms with Crippen LogP contribution in [0.2, 0.25) is 0 Å². The van der Waals surface area contributed by atoms with Crippen LogP contribution in [0, 0.1) is 6.92 Å². The van der Waals surface area contributed by atoms with E-state index in [0.29, 0.717) is 23.4 Å². The van der Waals surface area contributed by atoms with Crippen molar-refractivity contribution in [1.29, 1.82) is 0 Å². The van der Waals surface area contributed by atoms with Gasteiger partial charge in [-0.25, -0.2) is 0 Å². The zero-order chi connectivity index (χ0) is 17.8. The molecule has 0 spiro atoms. The fourth-order valence-electron chi connectivity index (χ4n) is 2.38. The molecule has 0 atom stereocenters. The lowest BCUT2D eigenvalue weighted by Crippen LogP contribution is -2.18. The standard InChI is InChI=1S/C19H18N4O2/c1-12-6-8-14(9-7-12)10-17-18(25)21-19(23-22-17)20-16-5-3-4-15(11-16)13(2)24/h3-9,11H,10H2,1-2H3,(H2,20,21,23,25). The summed E-state index contributed by atoms with van der Waals surface area (Å²) in [6.45, 7) is 3.51. The number of H-pyrrole nitrogens is 1. The largest absolute Gasteiger partial charge is 0.324 e. The van der Waals surface area contributed by atoms with Crippen LogP contribution in [0.15, 0.2) is 53.3 Å². The molecule has 0 aliphatic carbocycles. The molecule has 3 rings (SSSR count). The number of benzene rings is 2. The van der Waals surface area contributed by atoms with Gasteiger partial charge in [0.05, 0.1) is 0 Å². The Bertz CT molecular complexity index is 962. The molecule has 1 aromatic heterocycles. The molecule has 126 valence electrons. The second-order valence-corrected chi connectivity index (χ2v) is 5.87. The van der Waals surface area contributed by atoms with Crippen LogP contribution >= 0.6 is 0 Å². The molecule has 0 unspecified atom stereocenters. The maximum absolute atomic E-state index is 12.2. The fraction of sp³-hybridized carbons (Fsp3) is 0.158. The summed E-state index contributed by atoms with van der Waals surface area (Å²) in [5.41, 5.74) is 3.46. The molecular formula is C19H18N4O2. The summed E-state index contributed by atoms with van der Waals surface area (Å²) >= 11 is 0. The van der Waals surface area contributed by atoms with Crippen molar-refractivity contribution >= 4 is 17.4 Å². The molecule has 0 aliphatic rings. The van der Waals surface area contributed by atoms with E-state index in [0.717, 1.165) is 11.1 Å². The lowest BCUT2D eigenvalue weighted by Gasteiger charge is -2.07. The minimum Gasteiger partial charge on any atom is -0.324 e. The number of aromatic amines is 1. The van der Waals surface area contributed by atoms with E-state index in [1.54, 1.807) is 24.3 Å². The number of aryl methyl sites for hydroxylation is 1. The van der Waals surface area contributed by atoms with E-state index >= 15 is 0 Å². The van der Waals surface area contributed by atoms with Gasteiger partial charge >= 0.3 is 0 Å². The van der Waals surface area contributed by atoms with E-state index < -0.39 is 0 Å². The van der Waals surface area contributed by atoms with Crippen LogP contribution in [0.25, 0.3) is 0 Å². The van der Waals surface area contributed by atoms with Crippen molar-refractivity contribution in [3.8, 4) is 0 Å². The fourth-order valence-corrected chi connectivity index (χ4v) is 2.38. The first kappa shape index (κ1) is 16.6. The van der Waals surface area contributed by atoms with Crippen LogP contribution in [-0.4, -0.2) is 21.0 Å². The quantitative estimate of drug-likeness (QED) is 0.700. The molecule has 6 heteroatoms. The van der Waals surface area contributed by atoms with Gasteiger partial charge in [-0.05, 0) is 31.5 Å². The van der Waals surface area contributed by atoms with E-state index in [4.69, 9.17) is 0 Å². The molecule has 0 radical (unpaired) electrons. The highest BCUT2D eigenvalue weighted by Crippen LogP contribution is 2.14. The molecule has 0 amide bonds. The van der Waals surface area contributed by atoms with E-state index in [1.165, 1.54) is 6.92 Å². The van der Waals surface area contributed by atoms with Crippen LogP contribution in [0.3, 0.4) is 0 Å². The Morgan fingerprint density at radius 3 is 2.56 bits per heavy atom. The molecule has 0 bridgehead atoms. The minimum atomic E-state index is -0.291. The zero-order valence-corrected chi connectivity index (χ0v) is 14.0. The van der Waals surface area contributed by atoms with E-state index in [1.807, 2.05) is 31.2 Å². The van der Waals surface area contributed by atoms with Crippen molar-refractivity contribution in [2.24, 2.45) is 0 Å². The summed E-state index contributed by atoms with van der Waals surface area (Å²) in [5.74, 6) is 0.204. The normalized spacial score (nSPS) is 10.5. The Balaban J connectivity index is 1.78. The number of hydrogen-bond donors (Lipinski definition) is 2. The number of rotatable bonds is 5. The molecule has 0 aliphatic heterocycles. The maximum atomic E-state index is 12.2. The summed E-state index contributed by atoms with van der Waals surface area (Å²) in [6, 6.07) is 14.9. The van der Waals surface area contributed by atoms with Crippen LogP contribution in [0.5, 0.6) is 0 Å². The molecule has 3 aromatic rings. The second-order valence-electron chi connectivity index (χ2n) is 5.87. The summed E-state index contributed by atoms with van der Waals surface area (Å²) in [7, 11) is 0. The van der Waals surface area contributed by atoms with Crippen molar-refractivity contribution in [1.82, 2.24) is 15.2 Å². The Morgan fingerprint density at radius 2 is 1.88 bits per heavy atom. The molecule has 0 saturated carbocycles. The summed E-state index contributed by atoms with van der Waals surface area (Å²) in [5, 5.41) is 11.0. The maximum Gasteiger partial charge on any atom is 0.274 e. The average Bonchev–Trinajstić information content (AvgIpc) is 2.59. The Morgan fingerprint density at radius 1 is 1.12 bits per heavy atom. The Kier molecular flexibility index (Phi) is 4.70. The number of nitrogens with one attached hydrogen (secondary N) is 2. The number of carbonyl (C=O) groups is 1. The number of aromatic nitrogens is 3. The lowest BCUT2D eigenvalue weighted by atomic mass is 10.1. The van der Waals surface area contributed by atoms with Crippen molar-refractivity contribution < 1.29 is 4.79 Å². The van der Waals surface area contributed by atoms with Gasteiger partial charge in [0.25, 0.3) is 5.56 Å². The number of carbonyl (C=O) groups excluding carboxylic acids is 1. The van der Waals surface area contributed by atoms with Crippen molar-refractivity contribution in [2.75, 3.05) is 5.32 Å². The van der Waals surface area contributed by atoms with Crippen LogP contribution in [-0.2, 0) is 6.42 Å². The molecular weight excluding hydrogens is 316 g/mol. The average molecular weight is 334 g/mol. The molecule has 0 saturated heterocycles. The number of anilines is 2. The van der Waals surface area contributed by atoms with Gasteiger partial charge in [0.15, 0.2) is 5.78 Å². The highest BCUT2D eigenvalue weighted by atomic mass is 16.1. The first-order chi connectivity index (χ1) is 12.0. The smallest absolute Gasteiger partial charge is 0.274 e. The van der Waals surface area contributed by atoms with Gasteiger partial charge < -0.3 is 5.32 Å². The van der Waals surface area contributed by atoms with Crippen molar-refractivity contribution in [2.45, 2.75) is 20.3 Å². The van der Waals surface area contributed by atoms with E-state index in [-0.39, 0.29) is 17.3 Å². The van der Waals surface area contributed by atoms with Gasteiger partial charge in [0, 0.05) is 17.7 Å². The third-order valence-corrected chi connectivity index (χ3v) is 3.79. The lowest BCUT2D eigenvalue weighted by molar-refractivity contribution is 0.101. The van der Waals surface area contributed by atoms with Gasteiger partial charge in [0.2, 0.25) is 5.95 Å². The topological polar surface area (TPSA) is 87.7 Å². The molecule has 1 heterocycles. The molecule has 0 fully saturated rings. The summed E-state index contributed by atoms with van der Waals surface area (Å²) in [6.07, 6.45) is 0.419. The third-order valence-electron chi connectivity index (χ3n) is 3.79. The number of hydrogen-bond acceptors (Lipinski definition) is 5. The van der Waals surface area contributed by atoms with E-state index in [2.05, 4.69) is 20.5 Å². The first-order valence-corrected chi connectivity index (χ1v) is 7.91. The molecule has 2 aromatic carbocycles. The van der Waals surface area contributed by atoms with Gasteiger partial charge in [-0.1, -0.05) is 42.0 Å². The summed E-state index contributed by atoms with van der Waals surface area (Å²) < 4.78 is 0. The van der Waals surface area contributed by atoms with Crippen molar-refractivity contribution in [3.05, 3.63) is 81.3 Å². The number of nitrogens with zero attached hydrogens (tertiary/aromatic N) is 2. The van der Waals surface area contributed by atoms with Crippen LogP contribution in [0.1, 0.15) is 34.1 Å². The first-order valence-electron chi connectivity index (χ1n) is 7.91. The third kappa shape index (κ3) is 4.17. The van der Waals surface area contributed by atoms with Crippen molar-refractivity contribution in [3.63, 3.8) is 0 Å². The summed E-state index contributed by atoms with van der Waals surface area (Å²) in [4.78, 5) is 26.3. The van der Waals surface area contributed by atoms with Crippen LogP contribution in [0.4, 0.5) is 11.6 Å². The SMILES string of the molecule is CC(=O)c1cccc(Nc2nnc(Cc3ccc(C)cc3)c(=O)[nH]2)c1. The minimum absolute atomic E-state index is 0.0309. The number of Topliss-reactive ketones (excluding diaryl/α,β-unsaturated/α-hetero) is 1. The van der Waals surface area contributed by atoms with Crippen LogP contribution < -0.4 is 10.9 Å². The second kappa shape index (κ2) is 7.09. The molecule has 25 heavy (non-hydrogen) atoms. The number of ketones is 1. The monoisotopic (exact) mass is 334 g/mol. The predicted octanol–water partition coefficient (Wildman–Crippen LogP) is 3.01. The molecule has 6 nitrogen and oxygen atoms in total. The van der Waals surface area contributed by atoms with Gasteiger partial charge in [-0.2, -0.15) is 0 Å². The predicted molar refractivity (Wildman–Crippen MR) is 96.4 cm³/mol. The highest BCUT2D eigenvalue weighted by molar-refractivity contribution is 5.95. The molecule has 2 N–H and O–H groups in total. The van der Waals surface area contributed by atoms with E-state index in [9.17, 15) is 9.59 Å². The van der Waals surface area contributed by atoms with Gasteiger partial charge in [-0.3, -0.25) is 14.6 Å². The zero-order valence-electron chi connectivity index (χ0n) is 14.0. The van der Waals surface area contributed by atoms with Gasteiger partial charge in [0.1, 0.15) is 5.69 Å². The Hall–Kier alpha value is -3.28. The Labute approximate surface area is 145 Å². The van der Waals surface area contributed by atoms with Gasteiger partial charge in [-0.15, -0.1) is 10.2 Å².